The summed E-state index contributed by atoms with van der Waals surface area (Å²) in [6.45, 7) is 0.0422. The molecule has 1 heterocycles. The predicted octanol–water partition coefficient (Wildman–Crippen LogP) is 0.546. The second-order valence-electron chi connectivity index (χ2n) is 4.99. The van der Waals surface area contributed by atoms with Gasteiger partial charge < -0.3 is 14.0 Å². The molecule has 1 saturated heterocycles. The molecule has 0 spiro atoms. The molecule has 0 amide bonds. The maximum atomic E-state index is 11.6. The lowest BCUT2D eigenvalue weighted by atomic mass is 9.88. The van der Waals surface area contributed by atoms with E-state index in [0.29, 0.717) is 5.56 Å². The third kappa shape index (κ3) is 4.96. The standard InChI is InChI=1S/C15H16BNO6/c1-17-9-13(18)22-16(23-14(19)10-17)8-7-11-3-5-12(6-4-11)15(20)21-2/h3-8H,9-10H2,1-2H3/b8-7+. The Bertz CT molecular complexity index is 607. The van der Waals surface area contributed by atoms with Gasteiger partial charge in [0.25, 0.3) is 0 Å². The lowest BCUT2D eigenvalue weighted by molar-refractivity contribution is -0.145. The molecule has 0 unspecified atom stereocenters. The summed E-state index contributed by atoms with van der Waals surface area (Å²) in [5, 5.41) is 0. The zero-order valence-electron chi connectivity index (χ0n) is 12.9. The number of rotatable bonds is 3. The summed E-state index contributed by atoms with van der Waals surface area (Å²) in [6.07, 6.45) is 1.64. The van der Waals surface area contributed by atoms with Crippen LogP contribution >= 0.6 is 0 Å². The highest BCUT2D eigenvalue weighted by Crippen LogP contribution is 2.09. The molecule has 7 nitrogen and oxygen atoms in total. The van der Waals surface area contributed by atoms with Crippen molar-refractivity contribution in [2.24, 2.45) is 0 Å². The van der Waals surface area contributed by atoms with Crippen LogP contribution in [0.25, 0.3) is 6.08 Å². The first-order valence-electron chi connectivity index (χ1n) is 6.92. The largest absolute Gasteiger partial charge is 0.628 e. The van der Waals surface area contributed by atoms with Crippen LogP contribution in [0.2, 0.25) is 0 Å². The first-order chi connectivity index (χ1) is 11.0. The fourth-order valence-corrected chi connectivity index (χ4v) is 1.97. The minimum atomic E-state index is -1.07. The number of carbonyl (C=O) groups is 3. The molecule has 1 aromatic carbocycles. The number of esters is 1. The molecule has 23 heavy (non-hydrogen) atoms. The maximum absolute atomic E-state index is 11.6. The van der Waals surface area contributed by atoms with Crippen LogP contribution in [0.15, 0.2) is 30.2 Å². The van der Waals surface area contributed by atoms with E-state index in [-0.39, 0.29) is 13.1 Å². The molecule has 0 radical (unpaired) electrons. The van der Waals surface area contributed by atoms with Gasteiger partial charge in [-0.25, -0.2) is 4.79 Å². The van der Waals surface area contributed by atoms with E-state index in [1.165, 1.54) is 18.0 Å². The second kappa shape index (κ2) is 7.60. The lowest BCUT2D eigenvalue weighted by Crippen LogP contribution is -2.41. The lowest BCUT2D eigenvalue weighted by Gasteiger charge is -2.21. The number of ether oxygens (including phenoxy) is 1. The molecular weight excluding hydrogens is 301 g/mol. The number of methoxy groups -OCH3 is 1. The van der Waals surface area contributed by atoms with E-state index in [2.05, 4.69) is 4.74 Å². The van der Waals surface area contributed by atoms with Gasteiger partial charge in [-0.3, -0.25) is 14.5 Å². The van der Waals surface area contributed by atoms with Crippen molar-refractivity contribution < 1.29 is 28.4 Å². The van der Waals surface area contributed by atoms with Gasteiger partial charge in [-0.15, -0.1) is 0 Å². The molecule has 1 fully saturated rings. The van der Waals surface area contributed by atoms with Crippen molar-refractivity contribution in [3.8, 4) is 0 Å². The third-order valence-electron chi connectivity index (χ3n) is 3.07. The summed E-state index contributed by atoms with van der Waals surface area (Å²) in [5.74, 6) is 0.0905. The van der Waals surface area contributed by atoms with Crippen LogP contribution in [0.4, 0.5) is 0 Å². The van der Waals surface area contributed by atoms with Gasteiger partial charge in [0.05, 0.1) is 25.8 Å². The molecule has 1 aliphatic rings. The zero-order valence-corrected chi connectivity index (χ0v) is 12.9. The van der Waals surface area contributed by atoms with Crippen molar-refractivity contribution in [3.63, 3.8) is 0 Å². The number of hydrogen-bond donors (Lipinski definition) is 0. The quantitative estimate of drug-likeness (QED) is 0.594. The molecule has 0 bridgehead atoms. The summed E-state index contributed by atoms with van der Waals surface area (Å²) in [6, 6.07) is 6.61. The maximum Gasteiger partial charge on any atom is 0.628 e. The van der Waals surface area contributed by atoms with Crippen molar-refractivity contribution in [1.29, 1.82) is 0 Å². The number of carbonyl (C=O) groups excluding carboxylic acids is 3. The third-order valence-corrected chi connectivity index (χ3v) is 3.07. The van der Waals surface area contributed by atoms with Crippen molar-refractivity contribution in [1.82, 2.24) is 4.90 Å². The number of hydrogen-bond acceptors (Lipinski definition) is 7. The Morgan fingerprint density at radius 3 is 2.26 bits per heavy atom. The molecule has 0 aliphatic carbocycles. The second-order valence-corrected chi connectivity index (χ2v) is 4.99. The Kier molecular flexibility index (Phi) is 5.53. The Morgan fingerprint density at radius 2 is 1.74 bits per heavy atom. The Balaban J connectivity index is 2.04. The van der Waals surface area contributed by atoms with E-state index < -0.39 is 25.0 Å². The van der Waals surface area contributed by atoms with Crippen molar-refractivity contribution in [3.05, 3.63) is 41.4 Å². The van der Waals surface area contributed by atoms with Crippen molar-refractivity contribution >= 4 is 31.1 Å². The summed E-state index contributed by atoms with van der Waals surface area (Å²) >= 11 is 0. The fourth-order valence-electron chi connectivity index (χ4n) is 1.97. The molecule has 120 valence electrons. The highest BCUT2D eigenvalue weighted by Gasteiger charge is 2.29. The minimum Gasteiger partial charge on any atom is -0.495 e. The summed E-state index contributed by atoms with van der Waals surface area (Å²) in [5.41, 5.74) is 1.18. The normalized spacial score (nSPS) is 16.5. The topological polar surface area (TPSA) is 82.1 Å². The molecule has 0 atom stereocenters. The molecule has 1 aliphatic heterocycles. The SMILES string of the molecule is COC(=O)c1ccc(/C=C/B2OC(=O)CN(C)CC(=O)O2)cc1. The first kappa shape index (κ1) is 16.8. The summed E-state index contributed by atoms with van der Waals surface area (Å²) in [7, 11) is 1.87. The highest BCUT2D eigenvalue weighted by molar-refractivity contribution is 6.55. The van der Waals surface area contributed by atoms with Gasteiger partial charge in [-0.05, 0) is 30.7 Å². The average molecular weight is 317 g/mol. The summed E-state index contributed by atoms with van der Waals surface area (Å²) < 4.78 is 14.7. The van der Waals surface area contributed by atoms with Crippen LogP contribution in [-0.4, -0.2) is 57.2 Å². The van der Waals surface area contributed by atoms with Crippen LogP contribution in [0.3, 0.4) is 0 Å². The van der Waals surface area contributed by atoms with Gasteiger partial charge in [0, 0.05) is 0 Å². The van der Waals surface area contributed by atoms with Crippen molar-refractivity contribution in [2.45, 2.75) is 0 Å². The zero-order chi connectivity index (χ0) is 16.8. The summed E-state index contributed by atoms with van der Waals surface area (Å²) in [4.78, 5) is 36.0. The van der Waals surface area contributed by atoms with Crippen LogP contribution in [0.5, 0.6) is 0 Å². The van der Waals surface area contributed by atoms with Crippen LogP contribution < -0.4 is 0 Å². The number of benzene rings is 1. The van der Waals surface area contributed by atoms with Gasteiger partial charge in [0.2, 0.25) is 0 Å². The van der Waals surface area contributed by atoms with Crippen LogP contribution in [0.1, 0.15) is 15.9 Å². The molecule has 1 aromatic rings. The smallest absolute Gasteiger partial charge is 0.495 e. The molecule has 0 N–H and O–H groups in total. The van der Waals surface area contributed by atoms with E-state index in [9.17, 15) is 14.4 Å². The van der Waals surface area contributed by atoms with E-state index >= 15 is 0 Å². The first-order valence-corrected chi connectivity index (χ1v) is 6.92. The molecule has 8 heteroatoms. The van der Waals surface area contributed by atoms with Crippen LogP contribution in [-0.2, 0) is 23.6 Å². The Hall–Kier alpha value is -2.61. The van der Waals surface area contributed by atoms with Crippen LogP contribution in [0, 0.1) is 0 Å². The Morgan fingerprint density at radius 1 is 1.17 bits per heavy atom. The fraction of sp³-hybridized carbons (Fsp3) is 0.267. The molecule has 0 aromatic heterocycles. The van der Waals surface area contributed by atoms with Gasteiger partial charge in [-0.2, -0.15) is 0 Å². The van der Waals surface area contributed by atoms with Gasteiger partial charge in [0.15, 0.2) is 0 Å². The average Bonchev–Trinajstić information content (AvgIpc) is 2.50. The minimum absolute atomic E-state index is 0.0211. The monoisotopic (exact) mass is 317 g/mol. The highest BCUT2D eigenvalue weighted by atomic mass is 16.6. The van der Waals surface area contributed by atoms with Gasteiger partial charge >= 0.3 is 25.0 Å². The predicted molar refractivity (Wildman–Crippen MR) is 82.3 cm³/mol. The van der Waals surface area contributed by atoms with Gasteiger partial charge in [-0.1, -0.05) is 18.2 Å². The molecule has 0 saturated carbocycles. The van der Waals surface area contributed by atoms with E-state index in [1.807, 2.05) is 0 Å². The van der Waals surface area contributed by atoms with Gasteiger partial charge in [0.1, 0.15) is 0 Å². The van der Waals surface area contributed by atoms with E-state index in [0.717, 1.165) is 5.56 Å². The molecular formula is C15H16BNO6. The Labute approximate surface area is 133 Å². The van der Waals surface area contributed by atoms with E-state index in [1.54, 1.807) is 37.4 Å². The number of likely N-dealkylation sites (N-methyl/N-ethyl adjacent to an activating group) is 1. The number of nitrogens with zero attached hydrogens (tertiary/aromatic N) is 1. The van der Waals surface area contributed by atoms with Crippen molar-refractivity contribution in [2.75, 3.05) is 27.2 Å². The van der Waals surface area contributed by atoms with E-state index in [4.69, 9.17) is 9.31 Å². The molecule has 2 rings (SSSR count).